The van der Waals surface area contributed by atoms with Crippen LogP contribution in [0.3, 0.4) is 0 Å². The molecule has 1 aromatic carbocycles. The molecule has 90 valence electrons. The van der Waals surface area contributed by atoms with Gasteiger partial charge in [0.1, 0.15) is 0 Å². The highest BCUT2D eigenvalue weighted by atomic mass is 35.5. The van der Waals surface area contributed by atoms with Gasteiger partial charge in [0.15, 0.2) is 5.11 Å². The largest absolute Gasteiger partial charge is 0.375 e. The highest BCUT2D eigenvalue weighted by Crippen LogP contribution is 2.20. The van der Waals surface area contributed by atoms with Crippen molar-refractivity contribution >= 4 is 40.5 Å². The van der Waals surface area contributed by atoms with E-state index in [1.54, 1.807) is 0 Å². The number of nitrogens with zero attached hydrogens (tertiary/aromatic N) is 1. The summed E-state index contributed by atoms with van der Waals surface area (Å²) in [5.74, 6) is -0.636. The quantitative estimate of drug-likeness (QED) is 0.416. The molecule has 0 saturated heterocycles. The number of hydrogen-bond acceptors (Lipinski definition) is 4. The van der Waals surface area contributed by atoms with Gasteiger partial charge in [0.2, 0.25) is 0 Å². The molecule has 0 aliphatic carbocycles. The van der Waals surface area contributed by atoms with Crippen molar-refractivity contribution in [3.63, 3.8) is 0 Å². The summed E-state index contributed by atoms with van der Waals surface area (Å²) in [5, 5.41) is 10.5. The molecule has 1 rings (SSSR count). The van der Waals surface area contributed by atoms with Gasteiger partial charge in [-0.1, -0.05) is 11.6 Å². The van der Waals surface area contributed by atoms with Gasteiger partial charge in [-0.05, 0) is 18.3 Å². The summed E-state index contributed by atoms with van der Waals surface area (Å²) in [7, 11) is 0. The van der Waals surface area contributed by atoms with Gasteiger partial charge in [-0.15, -0.1) is 0 Å². The minimum Gasteiger partial charge on any atom is -0.375 e. The molecule has 9 heteroatoms. The van der Waals surface area contributed by atoms with Gasteiger partial charge in [0, 0.05) is 22.7 Å². The fourth-order valence-electron chi connectivity index (χ4n) is 1.00. The van der Waals surface area contributed by atoms with E-state index in [4.69, 9.17) is 17.3 Å². The van der Waals surface area contributed by atoms with Crippen molar-refractivity contribution in [2.75, 3.05) is 0 Å². The molecule has 4 N–H and O–H groups in total. The first-order valence-corrected chi connectivity index (χ1v) is 4.99. The van der Waals surface area contributed by atoms with Crippen LogP contribution in [0.2, 0.25) is 5.02 Å². The molecule has 0 bridgehead atoms. The zero-order chi connectivity index (χ0) is 13.0. The maximum atomic E-state index is 11.5. The lowest BCUT2D eigenvalue weighted by Crippen LogP contribution is -2.44. The molecule has 0 heterocycles. The number of carbonyl (C=O) groups is 1. The first-order valence-electron chi connectivity index (χ1n) is 4.21. The highest BCUT2D eigenvalue weighted by Gasteiger charge is 2.13. The Morgan fingerprint density at radius 3 is 2.59 bits per heavy atom. The van der Waals surface area contributed by atoms with Gasteiger partial charge < -0.3 is 5.73 Å². The van der Waals surface area contributed by atoms with E-state index in [9.17, 15) is 14.9 Å². The number of benzene rings is 1. The van der Waals surface area contributed by atoms with Crippen molar-refractivity contribution in [1.82, 2.24) is 10.9 Å². The predicted octanol–water partition coefficient (Wildman–Crippen LogP) is 0.726. The third kappa shape index (κ3) is 3.85. The lowest BCUT2D eigenvalue weighted by atomic mass is 10.2. The molecule has 0 aliphatic heterocycles. The second kappa shape index (κ2) is 5.41. The molecule has 0 atom stereocenters. The van der Waals surface area contributed by atoms with E-state index < -0.39 is 10.8 Å². The van der Waals surface area contributed by atoms with Crippen LogP contribution in [0.4, 0.5) is 5.69 Å². The van der Waals surface area contributed by atoms with E-state index in [0.29, 0.717) is 0 Å². The van der Waals surface area contributed by atoms with E-state index in [2.05, 4.69) is 23.1 Å². The molecular formula is C8H7ClN4O3S. The topological polar surface area (TPSA) is 110 Å². The first-order chi connectivity index (χ1) is 7.90. The number of non-ortho nitro benzene ring substituents is 1. The Hall–Kier alpha value is -1.93. The molecule has 0 fully saturated rings. The monoisotopic (exact) mass is 274 g/mol. The van der Waals surface area contributed by atoms with E-state index in [1.165, 1.54) is 6.07 Å². The standard InChI is InChI=1S/C8H7ClN4O3S/c9-5-1-4(2-6(3-5)13(15)16)7(14)11-12-8(10)17/h1-3H,(H,11,14)(H3,10,12,17). The summed E-state index contributed by atoms with van der Waals surface area (Å²) < 4.78 is 0. The number of thiocarbonyl (C=S) groups is 1. The number of amides is 1. The van der Waals surface area contributed by atoms with Crippen molar-refractivity contribution in [1.29, 1.82) is 0 Å². The van der Waals surface area contributed by atoms with E-state index >= 15 is 0 Å². The lowest BCUT2D eigenvalue weighted by Gasteiger charge is -2.06. The van der Waals surface area contributed by atoms with Crippen molar-refractivity contribution < 1.29 is 9.72 Å². The fourth-order valence-corrected chi connectivity index (χ4v) is 1.28. The summed E-state index contributed by atoms with van der Waals surface area (Å²) in [6.07, 6.45) is 0. The van der Waals surface area contributed by atoms with Crippen LogP contribution in [0.25, 0.3) is 0 Å². The van der Waals surface area contributed by atoms with Crippen LogP contribution < -0.4 is 16.6 Å². The van der Waals surface area contributed by atoms with E-state index in [-0.39, 0.29) is 21.4 Å². The number of nitrogens with two attached hydrogens (primary N) is 1. The number of nitrogens with one attached hydrogen (secondary N) is 2. The first kappa shape index (κ1) is 13.1. The Balaban J connectivity index is 2.93. The SMILES string of the molecule is NC(=S)NNC(=O)c1cc(Cl)cc([N+](=O)[O-])c1. The van der Waals surface area contributed by atoms with Gasteiger partial charge >= 0.3 is 0 Å². The summed E-state index contributed by atoms with van der Waals surface area (Å²) in [6, 6.07) is 3.51. The van der Waals surface area contributed by atoms with Crippen LogP contribution in [0, 0.1) is 10.1 Å². The molecule has 0 saturated carbocycles. The molecule has 0 aromatic heterocycles. The maximum absolute atomic E-state index is 11.5. The number of halogens is 1. The van der Waals surface area contributed by atoms with Crippen molar-refractivity contribution in [2.45, 2.75) is 0 Å². The Kier molecular flexibility index (Phi) is 4.18. The van der Waals surface area contributed by atoms with E-state index in [0.717, 1.165) is 12.1 Å². The van der Waals surface area contributed by atoms with E-state index in [1.807, 2.05) is 0 Å². The van der Waals surface area contributed by atoms with Crippen LogP contribution in [0.1, 0.15) is 10.4 Å². The molecule has 0 unspecified atom stereocenters. The van der Waals surface area contributed by atoms with Gasteiger partial charge in [0.05, 0.1) is 4.92 Å². The highest BCUT2D eigenvalue weighted by molar-refractivity contribution is 7.80. The Bertz CT molecular complexity index is 494. The molecule has 1 amide bonds. The maximum Gasteiger partial charge on any atom is 0.271 e. The van der Waals surface area contributed by atoms with Crippen LogP contribution >= 0.6 is 23.8 Å². The second-order valence-electron chi connectivity index (χ2n) is 2.90. The van der Waals surface area contributed by atoms with Gasteiger partial charge in [-0.3, -0.25) is 25.8 Å². The number of hydrazine groups is 1. The number of nitro groups is 1. The normalized spacial score (nSPS) is 9.47. The summed E-state index contributed by atoms with van der Waals surface area (Å²) >= 11 is 10.1. The van der Waals surface area contributed by atoms with Crippen molar-refractivity contribution in [3.8, 4) is 0 Å². The molecule has 0 radical (unpaired) electrons. The Morgan fingerprint density at radius 1 is 1.41 bits per heavy atom. The smallest absolute Gasteiger partial charge is 0.271 e. The number of carbonyl (C=O) groups excluding carboxylic acids is 1. The average Bonchev–Trinajstić information content (AvgIpc) is 2.24. The predicted molar refractivity (Wildman–Crippen MR) is 65.5 cm³/mol. The molecular weight excluding hydrogens is 268 g/mol. The molecule has 1 aromatic rings. The molecule has 0 aliphatic rings. The zero-order valence-electron chi connectivity index (χ0n) is 8.27. The number of hydrogen-bond donors (Lipinski definition) is 3. The zero-order valence-corrected chi connectivity index (χ0v) is 9.84. The third-order valence-corrected chi connectivity index (χ3v) is 1.98. The molecule has 17 heavy (non-hydrogen) atoms. The fraction of sp³-hybridized carbons (Fsp3) is 0. The molecule has 7 nitrogen and oxygen atoms in total. The minimum atomic E-state index is -0.649. The molecule has 0 spiro atoms. The van der Waals surface area contributed by atoms with Crippen molar-refractivity contribution in [3.05, 3.63) is 38.9 Å². The second-order valence-corrected chi connectivity index (χ2v) is 3.77. The Morgan fingerprint density at radius 2 is 2.06 bits per heavy atom. The third-order valence-electron chi connectivity index (χ3n) is 1.65. The van der Waals surface area contributed by atoms with Gasteiger partial charge in [0.25, 0.3) is 11.6 Å². The minimum absolute atomic E-state index is 0.0213. The number of rotatable bonds is 2. The van der Waals surface area contributed by atoms with Gasteiger partial charge in [-0.25, -0.2) is 0 Å². The van der Waals surface area contributed by atoms with Gasteiger partial charge in [-0.2, -0.15) is 0 Å². The summed E-state index contributed by atoms with van der Waals surface area (Å²) in [6.45, 7) is 0. The summed E-state index contributed by atoms with van der Waals surface area (Å²) in [5.41, 5.74) is 9.20. The average molecular weight is 275 g/mol. The van der Waals surface area contributed by atoms with Crippen LogP contribution in [0.5, 0.6) is 0 Å². The van der Waals surface area contributed by atoms with Crippen molar-refractivity contribution in [2.24, 2.45) is 5.73 Å². The van der Waals surface area contributed by atoms with Crippen LogP contribution in [0.15, 0.2) is 18.2 Å². The number of nitro benzene ring substituents is 1. The Labute approximate surface area is 106 Å². The van der Waals surface area contributed by atoms with Crippen LogP contribution in [-0.2, 0) is 0 Å². The lowest BCUT2D eigenvalue weighted by molar-refractivity contribution is -0.384. The van der Waals surface area contributed by atoms with Crippen LogP contribution in [-0.4, -0.2) is 15.9 Å². The summed E-state index contributed by atoms with van der Waals surface area (Å²) in [4.78, 5) is 21.4.